The molecule has 0 aromatic heterocycles. The van der Waals surface area contributed by atoms with E-state index < -0.39 is 23.6 Å². The van der Waals surface area contributed by atoms with Crippen LogP contribution in [0.2, 0.25) is 0 Å². The van der Waals surface area contributed by atoms with Crippen LogP contribution in [0.3, 0.4) is 0 Å². The second-order valence-corrected chi connectivity index (χ2v) is 5.32. The molecule has 1 saturated heterocycles. The minimum absolute atomic E-state index is 0.134. The molecule has 1 atom stereocenters. The highest BCUT2D eigenvalue weighted by Gasteiger charge is 2.49. The number of nitrogens with zero attached hydrogens (tertiary/aromatic N) is 1. The maximum Gasteiger partial charge on any atom is 0.323 e. The van der Waals surface area contributed by atoms with Crippen molar-refractivity contribution >= 4 is 29.4 Å². The van der Waals surface area contributed by atoms with Crippen LogP contribution in [0.25, 0.3) is 11.8 Å². The fourth-order valence-corrected chi connectivity index (χ4v) is 3.13. The van der Waals surface area contributed by atoms with Crippen LogP contribution in [0.4, 0.5) is 0 Å². The first kappa shape index (κ1) is 16.0. The Bertz CT molecular complexity index is 857. The molecule has 3 rings (SSSR count). The fourth-order valence-electron chi connectivity index (χ4n) is 3.13. The average Bonchev–Trinajstić information content (AvgIpc) is 2.85. The summed E-state index contributed by atoms with van der Waals surface area (Å²) in [6.07, 6.45) is 1.78. The molecule has 24 heavy (non-hydrogen) atoms. The molecule has 0 radical (unpaired) electrons. The Morgan fingerprint density at radius 1 is 1.25 bits per heavy atom. The van der Waals surface area contributed by atoms with Crippen LogP contribution in [0.15, 0.2) is 12.1 Å². The third-order valence-corrected chi connectivity index (χ3v) is 4.14. The molecule has 0 N–H and O–H groups in total. The first-order valence-corrected chi connectivity index (χ1v) is 7.52. The first-order chi connectivity index (χ1) is 11.5. The molecule has 0 bridgehead atoms. The molecule has 1 unspecified atom stereocenters. The van der Waals surface area contributed by atoms with Gasteiger partial charge in [-0.25, -0.2) is 0 Å². The zero-order chi connectivity index (χ0) is 17.4. The molecule has 7 nitrogen and oxygen atoms in total. The van der Waals surface area contributed by atoms with Gasteiger partial charge >= 0.3 is 5.97 Å². The summed E-state index contributed by atoms with van der Waals surface area (Å²) in [7, 11) is 3.04. The summed E-state index contributed by atoms with van der Waals surface area (Å²) in [5, 5.41) is 1.29. The Morgan fingerprint density at radius 3 is 2.62 bits per heavy atom. The van der Waals surface area contributed by atoms with E-state index in [-0.39, 0.29) is 13.2 Å². The predicted molar refractivity (Wildman–Crippen MR) is 83.5 cm³/mol. The molecule has 7 heteroatoms. The number of carbonyl (C=O) groups is 3. The summed E-state index contributed by atoms with van der Waals surface area (Å²) in [5.74, 6) is -2.38. The van der Waals surface area contributed by atoms with Gasteiger partial charge in [0.25, 0.3) is 5.91 Å². The molecule has 0 saturated carbocycles. The van der Waals surface area contributed by atoms with Crippen molar-refractivity contribution in [3.63, 3.8) is 0 Å². The number of rotatable bonds is 4. The van der Waals surface area contributed by atoms with Crippen molar-refractivity contribution < 1.29 is 28.6 Å². The van der Waals surface area contributed by atoms with Gasteiger partial charge in [-0.1, -0.05) is 6.08 Å². The number of amides is 1. The lowest BCUT2D eigenvalue weighted by Gasteiger charge is -2.22. The SMILES string of the molecule is CCOC(=O)C1C(=O)C(=O)N2CC=c3c(OC)c(OC)ccc3=C12. The van der Waals surface area contributed by atoms with Crippen LogP contribution < -0.4 is 19.9 Å². The Balaban J connectivity index is 2.31. The fraction of sp³-hybridized carbons (Fsp3) is 0.353. The van der Waals surface area contributed by atoms with Gasteiger partial charge in [0.15, 0.2) is 17.4 Å². The molecule has 2 aliphatic rings. The number of hydrogen-bond donors (Lipinski definition) is 0. The highest BCUT2D eigenvalue weighted by molar-refractivity contribution is 6.47. The van der Waals surface area contributed by atoms with Crippen LogP contribution in [-0.4, -0.2) is 49.9 Å². The third kappa shape index (κ3) is 2.16. The molecular weight excluding hydrogens is 314 g/mol. The number of carbonyl (C=O) groups excluding carboxylic acids is 3. The van der Waals surface area contributed by atoms with Crippen molar-refractivity contribution in [1.82, 2.24) is 4.90 Å². The average molecular weight is 331 g/mol. The summed E-state index contributed by atoms with van der Waals surface area (Å²) in [4.78, 5) is 38.1. The smallest absolute Gasteiger partial charge is 0.323 e. The van der Waals surface area contributed by atoms with Gasteiger partial charge in [-0.15, -0.1) is 0 Å². The zero-order valence-corrected chi connectivity index (χ0v) is 13.6. The molecular formula is C17H17NO6. The minimum Gasteiger partial charge on any atom is -0.493 e. The minimum atomic E-state index is -1.23. The van der Waals surface area contributed by atoms with E-state index >= 15 is 0 Å². The van der Waals surface area contributed by atoms with Gasteiger partial charge in [-0.05, 0) is 19.1 Å². The van der Waals surface area contributed by atoms with Crippen molar-refractivity contribution in [1.29, 1.82) is 0 Å². The van der Waals surface area contributed by atoms with E-state index in [9.17, 15) is 14.4 Å². The normalized spacial score (nSPS) is 18.7. The first-order valence-electron chi connectivity index (χ1n) is 7.52. The van der Waals surface area contributed by atoms with E-state index in [0.29, 0.717) is 27.6 Å². The highest BCUT2D eigenvalue weighted by atomic mass is 16.5. The standard InChI is InChI=1S/C17H17NO6/c1-4-24-17(21)12-13-9-5-6-11(22-2)15(23-3)10(9)7-8-18(13)16(20)14(12)19/h5-7,12H,4,8H2,1-3H3. The topological polar surface area (TPSA) is 82.1 Å². The van der Waals surface area contributed by atoms with E-state index in [0.717, 1.165) is 0 Å². The summed E-state index contributed by atoms with van der Waals surface area (Å²) in [6, 6.07) is 3.39. The van der Waals surface area contributed by atoms with E-state index in [2.05, 4.69) is 0 Å². The van der Waals surface area contributed by atoms with E-state index in [4.69, 9.17) is 14.2 Å². The number of esters is 1. The highest BCUT2D eigenvalue weighted by Crippen LogP contribution is 2.30. The number of hydrogen-bond acceptors (Lipinski definition) is 6. The quantitative estimate of drug-likeness (QED) is 0.408. The van der Waals surface area contributed by atoms with Crippen molar-refractivity contribution in [2.75, 3.05) is 27.4 Å². The number of ketones is 1. The van der Waals surface area contributed by atoms with Crippen LogP contribution in [0.1, 0.15) is 6.92 Å². The van der Waals surface area contributed by atoms with Gasteiger partial charge in [0.05, 0.1) is 26.5 Å². The van der Waals surface area contributed by atoms with E-state index in [1.54, 1.807) is 25.1 Å². The van der Waals surface area contributed by atoms with E-state index in [1.807, 2.05) is 0 Å². The maximum atomic E-state index is 12.3. The number of fused-ring (bicyclic) bond motifs is 2. The molecule has 1 amide bonds. The Hall–Kier alpha value is -2.83. The van der Waals surface area contributed by atoms with Gasteiger partial charge < -0.3 is 19.1 Å². The number of ether oxygens (including phenoxy) is 3. The van der Waals surface area contributed by atoms with Crippen LogP contribution >= 0.6 is 0 Å². The molecule has 0 aliphatic carbocycles. The van der Waals surface area contributed by atoms with Crippen LogP contribution in [-0.2, 0) is 19.1 Å². The molecule has 0 spiro atoms. The van der Waals surface area contributed by atoms with Crippen molar-refractivity contribution in [2.45, 2.75) is 6.92 Å². The molecule has 2 heterocycles. The Labute approximate surface area is 138 Å². The van der Waals surface area contributed by atoms with Crippen LogP contribution in [0.5, 0.6) is 11.5 Å². The lowest BCUT2D eigenvalue weighted by atomic mass is 9.99. The second kappa shape index (κ2) is 5.99. The van der Waals surface area contributed by atoms with Crippen LogP contribution in [0, 0.1) is 5.92 Å². The lowest BCUT2D eigenvalue weighted by Crippen LogP contribution is -2.41. The molecule has 126 valence electrons. The third-order valence-electron chi connectivity index (χ3n) is 4.14. The van der Waals surface area contributed by atoms with E-state index in [1.165, 1.54) is 19.1 Å². The number of benzene rings is 1. The second-order valence-electron chi connectivity index (χ2n) is 5.32. The summed E-state index contributed by atoms with van der Waals surface area (Å²) >= 11 is 0. The Morgan fingerprint density at radius 2 is 2.00 bits per heavy atom. The summed E-state index contributed by atoms with van der Waals surface area (Å²) in [6.45, 7) is 1.97. The predicted octanol–water partition coefficient (Wildman–Crippen LogP) is -0.803. The lowest BCUT2D eigenvalue weighted by molar-refractivity contribution is -0.151. The zero-order valence-electron chi connectivity index (χ0n) is 13.6. The molecule has 2 aliphatic heterocycles. The number of Topliss-reactive ketones (excluding diaryl/α,β-unsaturated/α-hetero) is 1. The van der Waals surface area contributed by atoms with Gasteiger partial charge in [-0.2, -0.15) is 0 Å². The Kier molecular flexibility index (Phi) is 4.01. The monoisotopic (exact) mass is 331 g/mol. The van der Waals surface area contributed by atoms with Gasteiger partial charge in [0.1, 0.15) is 0 Å². The van der Waals surface area contributed by atoms with Crippen molar-refractivity contribution in [2.24, 2.45) is 5.92 Å². The maximum absolute atomic E-state index is 12.3. The van der Waals surface area contributed by atoms with Gasteiger partial charge in [0, 0.05) is 17.0 Å². The molecule has 1 aromatic rings. The molecule has 1 aromatic carbocycles. The number of methoxy groups -OCH3 is 2. The summed E-state index contributed by atoms with van der Waals surface area (Å²) < 4.78 is 15.7. The van der Waals surface area contributed by atoms with Gasteiger partial charge in [0.2, 0.25) is 5.78 Å². The molecule has 1 fully saturated rings. The summed E-state index contributed by atoms with van der Waals surface area (Å²) in [5.41, 5.74) is 0.349. The van der Waals surface area contributed by atoms with Gasteiger partial charge in [-0.3, -0.25) is 14.4 Å². The largest absolute Gasteiger partial charge is 0.493 e. The van der Waals surface area contributed by atoms with Crippen molar-refractivity contribution in [3.8, 4) is 11.5 Å². The van der Waals surface area contributed by atoms with Crippen molar-refractivity contribution in [3.05, 3.63) is 22.6 Å².